The number of likely N-dealkylation sites (N-methyl/N-ethyl adjacent to an activating group) is 2. The Bertz CT molecular complexity index is 1940. The molecule has 2 fully saturated rings. The van der Waals surface area contributed by atoms with E-state index in [9.17, 15) is 17.6 Å². The first-order valence-corrected chi connectivity index (χ1v) is 19.3. The Morgan fingerprint density at radius 1 is 0.941 bits per heavy atom. The molecule has 274 valence electrons. The second-order valence-electron chi connectivity index (χ2n) is 14.2. The third kappa shape index (κ3) is 8.09. The molecule has 12 heteroatoms. The minimum Gasteiger partial charge on any atom is -0.497 e. The van der Waals surface area contributed by atoms with Crippen LogP contribution in [0.4, 0.5) is 10.1 Å². The summed E-state index contributed by atoms with van der Waals surface area (Å²) in [6.45, 7) is 11.2. The molecular formula is C39H51FN6O4S. The summed E-state index contributed by atoms with van der Waals surface area (Å²) in [6, 6.07) is 18.0. The van der Waals surface area contributed by atoms with Crippen molar-refractivity contribution in [2.24, 2.45) is 0 Å². The average molecular weight is 719 g/mol. The number of hydrogen-bond acceptors (Lipinski definition) is 7. The van der Waals surface area contributed by atoms with E-state index in [2.05, 4.69) is 32.5 Å². The van der Waals surface area contributed by atoms with E-state index >= 15 is 0 Å². The largest absolute Gasteiger partial charge is 0.497 e. The molecule has 2 aliphatic rings. The number of fused-ring (bicyclic) bond motifs is 1. The summed E-state index contributed by atoms with van der Waals surface area (Å²) < 4.78 is 51.3. The lowest BCUT2D eigenvalue weighted by Gasteiger charge is -2.51. The standard InChI is InChI=1S/C39H51FN6O4S/c1-29-25-35(50-5)26-30(2)38(29)51(48,49)41-34-10-9-31-11-15-45(36(31)28-34)16-12-37(47)43(4)21-22-44-17-13-39(14-18-44,32-7-6-8-33(40)27-32)46-23-19-42(3)20-24-46/h6-11,15,25-28,41H,12-14,16-24H2,1-5H3. The molecule has 0 spiro atoms. The fourth-order valence-electron chi connectivity index (χ4n) is 7.87. The summed E-state index contributed by atoms with van der Waals surface area (Å²) in [5.41, 5.74) is 3.42. The van der Waals surface area contributed by atoms with Crippen LogP contribution in [0.15, 0.2) is 71.8 Å². The Hall–Kier alpha value is -3.97. The van der Waals surface area contributed by atoms with Gasteiger partial charge in [-0.2, -0.15) is 0 Å². The third-order valence-electron chi connectivity index (χ3n) is 10.9. The van der Waals surface area contributed by atoms with Crippen LogP contribution >= 0.6 is 0 Å². The smallest absolute Gasteiger partial charge is 0.262 e. The number of nitrogens with one attached hydrogen (secondary N) is 1. The molecule has 3 heterocycles. The molecule has 0 radical (unpaired) electrons. The van der Waals surface area contributed by atoms with Crippen molar-refractivity contribution in [3.8, 4) is 5.75 Å². The Labute approximate surface area is 301 Å². The molecule has 10 nitrogen and oxygen atoms in total. The lowest BCUT2D eigenvalue weighted by atomic mass is 9.78. The Balaban J connectivity index is 1.04. The maximum absolute atomic E-state index is 14.4. The zero-order valence-corrected chi connectivity index (χ0v) is 31.3. The van der Waals surface area contributed by atoms with Crippen molar-refractivity contribution in [3.63, 3.8) is 0 Å². The van der Waals surface area contributed by atoms with Crippen molar-refractivity contribution in [3.05, 3.63) is 89.4 Å². The topological polar surface area (TPSA) is 90.4 Å². The van der Waals surface area contributed by atoms with Gasteiger partial charge in [-0.1, -0.05) is 18.2 Å². The minimum atomic E-state index is -3.85. The number of halogens is 1. The quantitative estimate of drug-likeness (QED) is 0.213. The highest BCUT2D eigenvalue weighted by Gasteiger charge is 2.42. The first-order valence-electron chi connectivity index (χ1n) is 17.8. The van der Waals surface area contributed by atoms with Gasteiger partial charge in [0.25, 0.3) is 10.0 Å². The number of benzene rings is 3. The van der Waals surface area contributed by atoms with E-state index in [0.717, 1.165) is 75.1 Å². The number of aryl methyl sites for hydroxylation is 3. The molecular weight excluding hydrogens is 668 g/mol. The predicted molar refractivity (Wildman–Crippen MR) is 200 cm³/mol. The normalized spacial score (nSPS) is 17.5. The van der Waals surface area contributed by atoms with E-state index in [1.165, 1.54) is 6.07 Å². The number of piperazine rings is 1. The van der Waals surface area contributed by atoms with Crippen molar-refractivity contribution < 1.29 is 22.3 Å². The summed E-state index contributed by atoms with van der Waals surface area (Å²) in [4.78, 5) is 22.7. The summed E-state index contributed by atoms with van der Waals surface area (Å²) in [6.07, 6.45) is 4.12. The van der Waals surface area contributed by atoms with Gasteiger partial charge in [0.2, 0.25) is 5.91 Å². The number of amides is 1. The highest BCUT2D eigenvalue weighted by molar-refractivity contribution is 7.92. The van der Waals surface area contributed by atoms with Gasteiger partial charge in [-0.3, -0.25) is 14.4 Å². The number of methoxy groups -OCH3 is 1. The molecule has 1 N–H and O–H groups in total. The average Bonchev–Trinajstić information content (AvgIpc) is 3.51. The lowest BCUT2D eigenvalue weighted by molar-refractivity contribution is -0.130. The van der Waals surface area contributed by atoms with Gasteiger partial charge in [0.1, 0.15) is 11.6 Å². The van der Waals surface area contributed by atoms with Crippen molar-refractivity contribution in [1.82, 2.24) is 24.2 Å². The summed E-state index contributed by atoms with van der Waals surface area (Å²) >= 11 is 0. The molecule has 51 heavy (non-hydrogen) atoms. The maximum Gasteiger partial charge on any atom is 0.262 e. The second kappa shape index (κ2) is 15.3. The number of ether oxygens (including phenoxy) is 1. The molecule has 2 aliphatic heterocycles. The number of rotatable bonds is 12. The zero-order valence-electron chi connectivity index (χ0n) is 30.5. The fourth-order valence-corrected chi connectivity index (χ4v) is 9.38. The summed E-state index contributed by atoms with van der Waals surface area (Å²) in [5, 5.41) is 0.964. The monoisotopic (exact) mass is 718 g/mol. The van der Waals surface area contributed by atoms with Crippen LogP contribution in [0.25, 0.3) is 10.9 Å². The third-order valence-corrected chi connectivity index (χ3v) is 12.5. The van der Waals surface area contributed by atoms with Gasteiger partial charge in [-0.05, 0) is 98.3 Å². The summed E-state index contributed by atoms with van der Waals surface area (Å²) in [5.74, 6) is 0.486. The van der Waals surface area contributed by atoms with E-state index in [-0.39, 0.29) is 22.2 Å². The Morgan fingerprint density at radius 2 is 1.65 bits per heavy atom. The van der Waals surface area contributed by atoms with Crippen LogP contribution in [0, 0.1) is 19.7 Å². The number of carbonyl (C=O) groups is 1. The number of piperidine rings is 1. The van der Waals surface area contributed by atoms with Crippen LogP contribution in [0.2, 0.25) is 0 Å². The van der Waals surface area contributed by atoms with E-state index in [4.69, 9.17) is 4.74 Å². The van der Waals surface area contributed by atoms with Crippen LogP contribution in [0.3, 0.4) is 0 Å². The van der Waals surface area contributed by atoms with Crippen LogP contribution in [0.5, 0.6) is 5.75 Å². The molecule has 0 saturated carbocycles. The fraction of sp³-hybridized carbons (Fsp3) is 0.462. The number of hydrogen-bond donors (Lipinski definition) is 1. The van der Waals surface area contributed by atoms with Gasteiger partial charge < -0.3 is 24.0 Å². The van der Waals surface area contributed by atoms with Crippen LogP contribution in [-0.2, 0) is 26.9 Å². The molecule has 0 unspecified atom stereocenters. The van der Waals surface area contributed by atoms with E-state index in [1.54, 1.807) is 50.1 Å². The number of carbonyl (C=O) groups excluding carboxylic acids is 1. The van der Waals surface area contributed by atoms with E-state index in [0.29, 0.717) is 42.1 Å². The molecule has 2 saturated heterocycles. The van der Waals surface area contributed by atoms with Gasteiger partial charge in [0, 0.05) is 84.1 Å². The molecule has 4 aromatic rings. The van der Waals surface area contributed by atoms with Gasteiger partial charge >= 0.3 is 0 Å². The molecule has 0 bridgehead atoms. The number of likely N-dealkylation sites (tertiary alicyclic amines) is 1. The highest BCUT2D eigenvalue weighted by Crippen LogP contribution is 2.40. The zero-order chi connectivity index (χ0) is 36.3. The molecule has 1 amide bonds. The second-order valence-corrected chi connectivity index (χ2v) is 15.8. The van der Waals surface area contributed by atoms with Crippen molar-refractivity contribution >= 4 is 32.5 Å². The number of anilines is 1. The van der Waals surface area contributed by atoms with Gasteiger partial charge in [-0.15, -0.1) is 0 Å². The van der Waals surface area contributed by atoms with Crippen LogP contribution in [0.1, 0.15) is 36.0 Å². The van der Waals surface area contributed by atoms with Crippen LogP contribution < -0.4 is 9.46 Å². The Morgan fingerprint density at radius 3 is 2.31 bits per heavy atom. The molecule has 0 aliphatic carbocycles. The maximum atomic E-state index is 14.4. The first kappa shape index (κ1) is 36.8. The lowest BCUT2D eigenvalue weighted by Crippen LogP contribution is -2.58. The highest BCUT2D eigenvalue weighted by atomic mass is 32.2. The molecule has 6 rings (SSSR count). The van der Waals surface area contributed by atoms with Crippen molar-refractivity contribution in [1.29, 1.82) is 0 Å². The number of sulfonamides is 1. The number of aromatic nitrogens is 1. The number of nitrogens with zero attached hydrogens (tertiary/aromatic N) is 5. The van der Waals surface area contributed by atoms with Gasteiger partial charge in [0.15, 0.2) is 0 Å². The molecule has 0 atom stereocenters. The molecule has 1 aromatic heterocycles. The van der Waals surface area contributed by atoms with Crippen LogP contribution in [-0.4, -0.2) is 112 Å². The van der Waals surface area contributed by atoms with Gasteiger partial charge in [-0.25, -0.2) is 12.8 Å². The van der Waals surface area contributed by atoms with E-state index in [1.807, 2.05) is 42.1 Å². The first-order chi connectivity index (χ1) is 24.4. The Kier molecular flexibility index (Phi) is 11.1. The predicted octanol–water partition coefficient (Wildman–Crippen LogP) is 5.29. The van der Waals surface area contributed by atoms with Crippen molar-refractivity contribution in [2.75, 3.05) is 78.3 Å². The SMILES string of the molecule is COc1cc(C)c(S(=O)(=O)Nc2ccc3ccn(CCC(=O)N(C)CCN4CCC(c5cccc(F)c5)(N5CCN(C)CC5)CC4)c3c2)c(C)c1. The van der Waals surface area contributed by atoms with E-state index < -0.39 is 10.0 Å². The summed E-state index contributed by atoms with van der Waals surface area (Å²) in [7, 11) is 1.73. The molecule has 3 aromatic carbocycles. The van der Waals surface area contributed by atoms with Gasteiger partial charge in [0.05, 0.1) is 23.2 Å². The minimum absolute atomic E-state index is 0.0581. The van der Waals surface area contributed by atoms with Crippen molar-refractivity contribution in [2.45, 2.75) is 50.1 Å².